The summed E-state index contributed by atoms with van der Waals surface area (Å²) < 4.78 is 4.53. The lowest BCUT2D eigenvalue weighted by atomic mass is 10.0. The first kappa shape index (κ1) is 19.3. The topological polar surface area (TPSA) is 50.9 Å². The van der Waals surface area contributed by atoms with Crippen LogP contribution in [-0.2, 0) is 6.42 Å². The molecule has 0 bridgehead atoms. The molecule has 0 aliphatic heterocycles. The molecule has 6 heteroatoms. The van der Waals surface area contributed by atoms with Crippen molar-refractivity contribution < 1.29 is 0 Å². The summed E-state index contributed by atoms with van der Waals surface area (Å²) in [6.45, 7) is 8.63. The van der Waals surface area contributed by atoms with Gasteiger partial charge in [0.1, 0.15) is 0 Å². The Morgan fingerprint density at radius 2 is 1.90 bits per heavy atom. The molecule has 0 unspecified atom stereocenters. The van der Waals surface area contributed by atoms with Crippen LogP contribution in [0, 0.1) is 18.6 Å². The van der Waals surface area contributed by atoms with Crippen molar-refractivity contribution in [1.29, 1.82) is 0 Å². The third-order valence-corrected chi connectivity index (χ3v) is 5.56. The molecule has 5 nitrogen and oxygen atoms in total. The highest BCUT2D eigenvalue weighted by molar-refractivity contribution is 7.71. The smallest absolute Gasteiger partial charge is 0.216 e. The summed E-state index contributed by atoms with van der Waals surface area (Å²) in [6, 6.07) is 17.3. The molecule has 29 heavy (non-hydrogen) atoms. The van der Waals surface area contributed by atoms with Crippen molar-refractivity contribution in [3.8, 4) is 0 Å². The first-order valence-electron chi connectivity index (χ1n) is 9.81. The van der Waals surface area contributed by atoms with E-state index in [4.69, 9.17) is 12.2 Å². The van der Waals surface area contributed by atoms with Gasteiger partial charge in [0.05, 0.1) is 6.21 Å². The van der Waals surface area contributed by atoms with Crippen LogP contribution in [0.5, 0.6) is 0 Å². The molecule has 2 aromatic heterocycles. The molecule has 0 amide bonds. The Hall–Kier alpha value is -2.99. The number of rotatable bonds is 5. The van der Waals surface area contributed by atoms with Crippen molar-refractivity contribution in [2.45, 2.75) is 40.2 Å². The SMILES string of the molecule is Cc1cc(/C=N\n2c(Cc3cccc4ccccc34)n[nH]c2=S)c(C)n1C(C)C. The van der Waals surface area contributed by atoms with E-state index >= 15 is 0 Å². The van der Waals surface area contributed by atoms with Crippen LogP contribution in [0.2, 0.25) is 0 Å². The van der Waals surface area contributed by atoms with Crippen molar-refractivity contribution in [2.75, 3.05) is 0 Å². The van der Waals surface area contributed by atoms with E-state index in [1.54, 1.807) is 4.68 Å². The molecular formula is C23H25N5S. The van der Waals surface area contributed by atoms with E-state index in [-0.39, 0.29) is 0 Å². The summed E-state index contributed by atoms with van der Waals surface area (Å²) in [5.41, 5.74) is 4.72. The van der Waals surface area contributed by atoms with Gasteiger partial charge in [-0.05, 0) is 62.3 Å². The maximum absolute atomic E-state index is 5.43. The number of fused-ring (bicyclic) bond motifs is 1. The highest BCUT2D eigenvalue weighted by atomic mass is 32.1. The predicted molar refractivity (Wildman–Crippen MR) is 121 cm³/mol. The van der Waals surface area contributed by atoms with Gasteiger partial charge in [-0.1, -0.05) is 42.5 Å². The molecular weight excluding hydrogens is 378 g/mol. The summed E-state index contributed by atoms with van der Waals surface area (Å²) in [6.07, 6.45) is 2.52. The van der Waals surface area contributed by atoms with Crippen LogP contribution in [0.4, 0.5) is 0 Å². The summed E-state index contributed by atoms with van der Waals surface area (Å²) in [7, 11) is 0. The molecule has 0 atom stereocenters. The fourth-order valence-electron chi connectivity index (χ4n) is 4.02. The Bertz CT molecular complexity index is 1250. The highest BCUT2D eigenvalue weighted by Crippen LogP contribution is 2.21. The van der Waals surface area contributed by atoms with Crippen molar-refractivity contribution >= 4 is 29.2 Å². The van der Waals surface area contributed by atoms with Crippen LogP contribution in [0.1, 0.15) is 48.2 Å². The first-order chi connectivity index (χ1) is 14.0. The minimum Gasteiger partial charge on any atom is -0.346 e. The molecule has 2 heterocycles. The minimum atomic E-state index is 0.412. The molecule has 148 valence electrons. The van der Waals surface area contributed by atoms with E-state index in [1.165, 1.54) is 27.7 Å². The molecule has 2 aromatic carbocycles. The van der Waals surface area contributed by atoms with E-state index in [9.17, 15) is 0 Å². The van der Waals surface area contributed by atoms with Crippen LogP contribution in [0.3, 0.4) is 0 Å². The molecule has 0 fully saturated rings. The van der Waals surface area contributed by atoms with Gasteiger partial charge in [-0.15, -0.1) is 0 Å². The fraction of sp³-hybridized carbons (Fsp3) is 0.261. The molecule has 0 aliphatic rings. The minimum absolute atomic E-state index is 0.412. The van der Waals surface area contributed by atoms with E-state index in [2.05, 4.69) is 96.1 Å². The Morgan fingerprint density at radius 3 is 2.66 bits per heavy atom. The van der Waals surface area contributed by atoms with Crippen LogP contribution >= 0.6 is 12.2 Å². The third-order valence-electron chi connectivity index (χ3n) is 5.30. The average Bonchev–Trinajstić information content (AvgIpc) is 3.18. The first-order valence-corrected chi connectivity index (χ1v) is 10.2. The summed E-state index contributed by atoms with van der Waals surface area (Å²) in [5, 5.41) is 14.4. The predicted octanol–water partition coefficient (Wildman–Crippen LogP) is 5.57. The summed E-state index contributed by atoms with van der Waals surface area (Å²) >= 11 is 5.43. The van der Waals surface area contributed by atoms with Gasteiger partial charge in [0.25, 0.3) is 0 Å². The van der Waals surface area contributed by atoms with E-state index in [1.807, 2.05) is 6.21 Å². The van der Waals surface area contributed by atoms with Gasteiger partial charge < -0.3 is 4.57 Å². The van der Waals surface area contributed by atoms with Crippen LogP contribution in [-0.4, -0.2) is 25.7 Å². The number of hydrogen-bond acceptors (Lipinski definition) is 3. The number of aryl methyl sites for hydroxylation is 1. The zero-order chi connectivity index (χ0) is 20.5. The number of aromatic amines is 1. The van der Waals surface area contributed by atoms with E-state index in [0.29, 0.717) is 17.2 Å². The second-order valence-corrected chi connectivity index (χ2v) is 7.99. The van der Waals surface area contributed by atoms with Crippen molar-refractivity contribution in [2.24, 2.45) is 5.10 Å². The van der Waals surface area contributed by atoms with Crippen LogP contribution in [0.15, 0.2) is 53.6 Å². The Labute approximate surface area is 175 Å². The maximum atomic E-state index is 5.43. The number of aromatic nitrogens is 4. The Kier molecular flexibility index (Phi) is 5.20. The summed E-state index contributed by atoms with van der Waals surface area (Å²) in [4.78, 5) is 0. The van der Waals surface area contributed by atoms with Gasteiger partial charge in [0, 0.05) is 29.4 Å². The molecule has 4 rings (SSSR count). The second kappa shape index (κ2) is 7.79. The lowest BCUT2D eigenvalue weighted by Gasteiger charge is -2.13. The number of benzene rings is 2. The van der Waals surface area contributed by atoms with Crippen molar-refractivity contribution in [1.82, 2.24) is 19.4 Å². The quantitative estimate of drug-likeness (QED) is 0.350. The number of hydrogen-bond donors (Lipinski definition) is 1. The monoisotopic (exact) mass is 403 g/mol. The maximum Gasteiger partial charge on any atom is 0.216 e. The average molecular weight is 404 g/mol. The van der Waals surface area contributed by atoms with Crippen molar-refractivity contribution in [3.05, 3.63) is 81.6 Å². The van der Waals surface area contributed by atoms with E-state index < -0.39 is 0 Å². The fourth-order valence-corrected chi connectivity index (χ4v) is 4.22. The highest BCUT2D eigenvalue weighted by Gasteiger charge is 2.12. The molecule has 0 radical (unpaired) electrons. The van der Waals surface area contributed by atoms with Gasteiger partial charge in [-0.2, -0.15) is 14.9 Å². The number of nitrogens with zero attached hydrogens (tertiary/aromatic N) is 4. The van der Waals surface area contributed by atoms with Gasteiger partial charge in [-0.3, -0.25) is 5.10 Å². The zero-order valence-electron chi connectivity index (χ0n) is 17.2. The molecule has 0 spiro atoms. The van der Waals surface area contributed by atoms with Crippen LogP contribution in [0.25, 0.3) is 10.8 Å². The molecule has 1 N–H and O–H groups in total. The molecule has 4 aromatic rings. The third kappa shape index (κ3) is 3.68. The van der Waals surface area contributed by atoms with Gasteiger partial charge >= 0.3 is 0 Å². The molecule has 0 saturated heterocycles. The normalized spacial score (nSPS) is 11.9. The van der Waals surface area contributed by atoms with E-state index in [0.717, 1.165) is 11.4 Å². The molecule has 0 aliphatic carbocycles. The van der Waals surface area contributed by atoms with Gasteiger partial charge in [0.15, 0.2) is 5.82 Å². The lowest BCUT2D eigenvalue weighted by Crippen LogP contribution is -2.05. The largest absolute Gasteiger partial charge is 0.346 e. The standard InChI is InChI=1S/C23H25N5S/c1-15(2)27-16(3)12-20(17(27)4)14-24-28-22(25-26-23(28)29)13-19-10-7-9-18-8-5-6-11-21(18)19/h5-12,14-15H,13H2,1-4H3,(H,26,29)/b24-14-. The Morgan fingerprint density at radius 1 is 1.14 bits per heavy atom. The van der Waals surface area contributed by atoms with Gasteiger partial charge in [-0.25, -0.2) is 0 Å². The van der Waals surface area contributed by atoms with Gasteiger partial charge in [0.2, 0.25) is 4.77 Å². The summed E-state index contributed by atoms with van der Waals surface area (Å²) in [5.74, 6) is 0.792. The second-order valence-electron chi connectivity index (χ2n) is 7.61. The number of nitrogens with one attached hydrogen (secondary N) is 1. The van der Waals surface area contributed by atoms with Crippen molar-refractivity contribution in [3.63, 3.8) is 0 Å². The molecule has 0 saturated carbocycles. The zero-order valence-corrected chi connectivity index (χ0v) is 18.0. The van der Waals surface area contributed by atoms with Crippen LogP contribution < -0.4 is 0 Å². The number of H-pyrrole nitrogens is 1. The Balaban J connectivity index is 1.69. The lowest BCUT2D eigenvalue weighted by molar-refractivity contribution is 0.574.